The number of pyridine rings is 1. The molecular weight excluding hydrogens is 400 g/mol. The number of fused-ring (bicyclic) bond motifs is 4. The van der Waals surface area contributed by atoms with E-state index in [1.165, 1.54) is 7.11 Å². The van der Waals surface area contributed by atoms with Crippen LogP contribution in [0, 0.1) is 0 Å². The van der Waals surface area contributed by atoms with E-state index in [0.717, 1.165) is 33.2 Å². The van der Waals surface area contributed by atoms with Crippen molar-refractivity contribution in [1.29, 1.82) is 0 Å². The average Bonchev–Trinajstić information content (AvgIpc) is 3.17. The van der Waals surface area contributed by atoms with Crippen molar-refractivity contribution in [1.82, 2.24) is 10.3 Å². The molecule has 1 amide bonds. The molecule has 5 rings (SSSR count). The Morgan fingerprint density at radius 3 is 2.19 bits per heavy atom. The lowest BCUT2D eigenvalue weighted by Gasteiger charge is -2.20. The third-order valence-corrected chi connectivity index (χ3v) is 5.97. The van der Waals surface area contributed by atoms with Crippen molar-refractivity contribution >= 4 is 22.8 Å². The maximum absolute atomic E-state index is 13.5. The van der Waals surface area contributed by atoms with E-state index in [1.54, 1.807) is 0 Å². The molecule has 1 aromatic heterocycles. The number of ether oxygens (including phenoxy) is 1. The number of esters is 1. The Kier molecular flexibility index (Phi) is 5.15. The Morgan fingerprint density at radius 1 is 0.875 bits per heavy atom. The second-order valence-corrected chi connectivity index (χ2v) is 7.89. The van der Waals surface area contributed by atoms with Gasteiger partial charge in [0.15, 0.2) is 0 Å². The van der Waals surface area contributed by atoms with Gasteiger partial charge in [-0.15, -0.1) is 0 Å². The highest BCUT2D eigenvalue weighted by Gasteiger charge is 2.35. The number of rotatable bonds is 5. The van der Waals surface area contributed by atoms with Crippen LogP contribution in [0.5, 0.6) is 0 Å². The molecule has 0 saturated heterocycles. The van der Waals surface area contributed by atoms with Gasteiger partial charge in [-0.05, 0) is 34.4 Å². The molecule has 0 saturated carbocycles. The Morgan fingerprint density at radius 2 is 1.50 bits per heavy atom. The number of carbonyl (C=O) groups excluding carboxylic acids is 2. The lowest BCUT2D eigenvalue weighted by atomic mass is 9.95. The van der Waals surface area contributed by atoms with Gasteiger partial charge in [0.2, 0.25) is 5.91 Å². The normalized spacial score (nSPS) is 13.3. The van der Waals surface area contributed by atoms with Crippen LogP contribution in [0.4, 0.5) is 0 Å². The molecule has 3 aromatic carbocycles. The van der Waals surface area contributed by atoms with Crippen LogP contribution in [-0.2, 0) is 20.7 Å². The summed E-state index contributed by atoms with van der Waals surface area (Å²) in [5.41, 5.74) is 5.55. The van der Waals surface area contributed by atoms with Gasteiger partial charge in [-0.25, -0.2) is 4.79 Å². The van der Waals surface area contributed by atoms with E-state index in [1.807, 2.05) is 84.9 Å². The number of aromatic nitrogens is 1. The maximum atomic E-state index is 13.5. The number of benzene rings is 3. The summed E-state index contributed by atoms with van der Waals surface area (Å²) in [7, 11) is 1.33. The number of nitrogens with one attached hydrogen (secondary N) is 1. The van der Waals surface area contributed by atoms with Crippen LogP contribution >= 0.6 is 0 Å². The Bertz CT molecular complexity index is 1290. The first-order valence-corrected chi connectivity index (χ1v) is 10.6. The average molecular weight is 422 g/mol. The van der Waals surface area contributed by atoms with Crippen molar-refractivity contribution in [2.24, 2.45) is 0 Å². The van der Waals surface area contributed by atoms with Crippen molar-refractivity contribution in [2.75, 3.05) is 7.11 Å². The van der Waals surface area contributed by atoms with Crippen LogP contribution in [0.3, 0.4) is 0 Å². The van der Waals surface area contributed by atoms with Crippen molar-refractivity contribution < 1.29 is 14.3 Å². The summed E-state index contributed by atoms with van der Waals surface area (Å²) < 4.78 is 4.99. The summed E-state index contributed by atoms with van der Waals surface area (Å²) >= 11 is 0. The minimum atomic E-state index is -0.832. The Balaban J connectivity index is 1.44. The second-order valence-electron chi connectivity index (χ2n) is 7.89. The molecule has 1 aliphatic carbocycles. The first kappa shape index (κ1) is 19.9. The van der Waals surface area contributed by atoms with Gasteiger partial charge in [-0.1, -0.05) is 72.8 Å². The van der Waals surface area contributed by atoms with Crippen molar-refractivity contribution in [2.45, 2.75) is 18.4 Å². The maximum Gasteiger partial charge on any atom is 0.328 e. The third-order valence-electron chi connectivity index (χ3n) is 5.97. The smallest absolute Gasteiger partial charge is 0.328 e. The standard InChI is InChI=1S/C27H22N2O3/c1-32-27(31)24(16-18-15-14-17-8-2-7-13-23(17)28-18)29-26(30)25-21-11-5-3-9-19(21)20-10-4-6-12-22(20)25/h2-15,24-25H,16H2,1H3,(H,29,30)/t24-/m0/s1. The van der Waals surface area contributed by atoms with Gasteiger partial charge >= 0.3 is 5.97 Å². The van der Waals surface area contributed by atoms with E-state index in [-0.39, 0.29) is 12.3 Å². The predicted octanol–water partition coefficient (Wildman–Crippen LogP) is 4.25. The van der Waals surface area contributed by atoms with Crippen molar-refractivity contribution in [3.63, 3.8) is 0 Å². The molecule has 0 radical (unpaired) electrons. The molecule has 5 nitrogen and oxygen atoms in total. The van der Waals surface area contributed by atoms with Gasteiger partial charge in [0.05, 0.1) is 18.5 Å². The minimum Gasteiger partial charge on any atom is -0.467 e. The van der Waals surface area contributed by atoms with Crippen LogP contribution in [0.15, 0.2) is 84.9 Å². The zero-order chi connectivity index (χ0) is 22.1. The number of methoxy groups -OCH3 is 1. The molecule has 0 fully saturated rings. The Labute approximate surface area is 186 Å². The predicted molar refractivity (Wildman–Crippen MR) is 123 cm³/mol. The van der Waals surface area contributed by atoms with Gasteiger partial charge in [-0.2, -0.15) is 0 Å². The lowest BCUT2D eigenvalue weighted by Crippen LogP contribution is -2.45. The monoisotopic (exact) mass is 422 g/mol. The summed E-state index contributed by atoms with van der Waals surface area (Å²) in [6.07, 6.45) is 0.249. The number of para-hydroxylation sites is 1. The van der Waals surface area contributed by atoms with Gasteiger partial charge in [0, 0.05) is 17.5 Å². The van der Waals surface area contributed by atoms with Crippen LogP contribution in [-0.4, -0.2) is 30.0 Å². The third kappa shape index (κ3) is 3.52. The van der Waals surface area contributed by atoms with Crippen LogP contribution in [0.1, 0.15) is 22.7 Å². The largest absolute Gasteiger partial charge is 0.467 e. The number of amides is 1. The van der Waals surface area contributed by atoms with Crippen LogP contribution in [0.25, 0.3) is 22.0 Å². The SMILES string of the molecule is COC(=O)[C@H](Cc1ccc2ccccc2n1)NC(=O)C1c2ccccc2-c2ccccc21. The summed E-state index contributed by atoms with van der Waals surface area (Å²) in [5, 5.41) is 3.96. The molecule has 32 heavy (non-hydrogen) atoms. The molecule has 5 heteroatoms. The fourth-order valence-corrected chi connectivity index (χ4v) is 4.46. The summed E-state index contributed by atoms with van der Waals surface area (Å²) in [4.78, 5) is 30.7. The molecule has 1 N–H and O–H groups in total. The second kappa shape index (κ2) is 8.27. The van der Waals surface area contributed by atoms with Gasteiger partial charge in [0.25, 0.3) is 0 Å². The fraction of sp³-hybridized carbons (Fsp3) is 0.148. The molecule has 0 spiro atoms. The Hall–Kier alpha value is -3.99. The summed E-state index contributed by atoms with van der Waals surface area (Å²) in [5.74, 6) is -1.19. The van der Waals surface area contributed by atoms with E-state index in [4.69, 9.17) is 4.74 Å². The lowest BCUT2D eigenvalue weighted by molar-refractivity contribution is -0.145. The molecule has 1 heterocycles. The van der Waals surface area contributed by atoms with Crippen LogP contribution in [0.2, 0.25) is 0 Å². The number of hydrogen-bond acceptors (Lipinski definition) is 4. The van der Waals surface area contributed by atoms with Crippen LogP contribution < -0.4 is 5.32 Å². The van der Waals surface area contributed by atoms with Gasteiger partial charge < -0.3 is 10.1 Å². The van der Waals surface area contributed by atoms with E-state index in [0.29, 0.717) is 5.69 Å². The zero-order valence-electron chi connectivity index (χ0n) is 17.6. The minimum absolute atomic E-state index is 0.224. The van der Waals surface area contributed by atoms with Gasteiger partial charge in [-0.3, -0.25) is 9.78 Å². The molecule has 1 atom stereocenters. The highest BCUT2D eigenvalue weighted by Crippen LogP contribution is 2.44. The first-order chi connectivity index (χ1) is 15.7. The number of carbonyl (C=O) groups is 2. The van der Waals surface area contributed by atoms with E-state index >= 15 is 0 Å². The topological polar surface area (TPSA) is 68.3 Å². The van der Waals surface area contributed by atoms with Crippen molar-refractivity contribution in [3.8, 4) is 11.1 Å². The van der Waals surface area contributed by atoms with E-state index < -0.39 is 17.9 Å². The zero-order valence-corrected chi connectivity index (χ0v) is 17.6. The van der Waals surface area contributed by atoms with Gasteiger partial charge in [0.1, 0.15) is 6.04 Å². The first-order valence-electron chi connectivity index (χ1n) is 10.6. The van der Waals surface area contributed by atoms with E-state index in [2.05, 4.69) is 10.3 Å². The molecule has 1 aliphatic rings. The van der Waals surface area contributed by atoms with Crippen molar-refractivity contribution in [3.05, 3.63) is 102 Å². The number of hydrogen-bond donors (Lipinski definition) is 1. The molecule has 0 bridgehead atoms. The molecule has 0 aliphatic heterocycles. The molecule has 158 valence electrons. The summed E-state index contributed by atoms with van der Waals surface area (Å²) in [6, 6.07) is 26.6. The molecule has 0 unspecified atom stereocenters. The highest BCUT2D eigenvalue weighted by atomic mass is 16.5. The number of nitrogens with zero attached hydrogens (tertiary/aromatic N) is 1. The highest BCUT2D eigenvalue weighted by molar-refractivity contribution is 5.98. The molecular formula is C27H22N2O3. The quantitative estimate of drug-likeness (QED) is 0.488. The van der Waals surface area contributed by atoms with E-state index in [9.17, 15) is 9.59 Å². The summed E-state index contributed by atoms with van der Waals surface area (Å²) in [6.45, 7) is 0. The molecule has 4 aromatic rings. The fourth-order valence-electron chi connectivity index (χ4n) is 4.46.